The molecule has 5 nitrogen and oxygen atoms in total. The van der Waals surface area contributed by atoms with Crippen LogP contribution in [0.5, 0.6) is 0 Å². The minimum atomic E-state index is -3.66. The number of esters is 1. The maximum absolute atomic E-state index is 13.4. The van der Waals surface area contributed by atoms with Crippen LogP contribution in [0.1, 0.15) is 25.3 Å². The number of nitriles is 1. The number of sulfone groups is 1. The SMILES string of the molecule is CCOC(=O)[C@]1(C#N)[C@@H](c2cccc(F)c2)[C@@H]1S(=O)(=O)CC. The molecule has 1 aromatic carbocycles. The van der Waals surface area contributed by atoms with Crippen molar-refractivity contribution in [3.05, 3.63) is 35.6 Å². The largest absolute Gasteiger partial charge is 0.465 e. The summed E-state index contributed by atoms with van der Waals surface area (Å²) in [5.74, 6) is -2.52. The summed E-state index contributed by atoms with van der Waals surface area (Å²) in [6.07, 6.45) is 0. The van der Waals surface area contributed by atoms with E-state index in [1.54, 1.807) is 6.92 Å². The Hall–Kier alpha value is -1.94. The lowest BCUT2D eigenvalue weighted by Crippen LogP contribution is -2.26. The summed E-state index contributed by atoms with van der Waals surface area (Å²) in [5, 5.41) is 8.28. The van der Waals surface area contributed by atoms with Crippen LogP contribution in [-0.4, -0.2) is 32.0 Å². The first-order valence-electron chi connectivity index (χ1n) is 6.90. The van der Waals surface area contributed by atoms with Crippen LogP contribution in [0.4, 0.5) is 4.39 Å². The van der Waals surface area contributed by atoms with Crippen molar-refractivity contribution in [3.8, 4) is 6.07 Å². The van der Waals surface area contributed by atoms with Gasteiger partial charge in [0.05, 0.1) is 12.7 Å². The molecule has 0 N–H and O–H groups in total. The van der Waals surface area contributed by atoms with E-state index in [0.717, 1.165) is 6.07 Å². The van der Waals surface area contributed by atoms with Crippen molar-refractivity contribution >= 4 is 15.8 Å². The molecule has 2 rings (SSSR count). The van der Waals surface area contributed by atoms with Gasteiger partial charge < -0.3 is 4.74 Å². The van der Waals surface area contributed by atoms with E-state index in [0.29, 0.717) is 5.56 Å². The van der Waals surface area contributed by atoms with E-state index in [2.05, 4.69) is 0 Å². The van der Waals surface area contributed by atoms with Crippen molar-refractivity contribution < 1.29 is 22.3 Å². The van der Waals surface area contributed by atoms with Gasteiger partial charge in [0.25, 0.3) is 0 Å². The van der Waals surface area contributed by atoms with Gasteiger partial charge in [-0.1, -0.05) is 19.1 Å². The zero-order chi connectivity index (χ0) is 16.5. The highest BCUT2D eigenvalue weighted by molar-refractivity contribution is 7.92. The van der Waals surface area contributed by atoms with Crippen molar-refractivity contribution in [3.63, 3.8) is 0 Å². The Kier molecular flexibility index (Phi) is 4.25. The third-order valence-corrected chi connectivity index (χ3v) is 6.15. The third kappa shape index (κ3) is 2.37. The summed E-state index contributed by atoms with van der Waals surface area (Å²) < 4.78 is 42.8. The van der Waals surface area contributed by atoms with Gasteiger partial charge in [0.1, 0.15) is 11.1 Å². The quantitative estimate of drug-likeness (QED) is 0.771. The first-order valence-corrected chi connectivity index (χ1v) is 8.62. The van der Waals surface area contributed by atoms with Crippen LogP contribution in [0.15, 0.2) is 24.3 Å². The minimum Gasteiger partial charge on any atom is -0.465 e. The van der Waals surface area contributed by atoms with Gasteiger partial charge in [0.2, 0.25) is 0 Å². The average Bonchev–Trinajstić information content (AvgIpc) is 3.19. The lowest BCUT2D eigenvalue weighted by atomic mass is 10.0. The molecule has 0 saturated heterocycles. The molecule has 1 aliphatic rings. The number of halogens is 1. The zero-order valence-electron chi connectivity index (χ0n) is 12.2. The Bertz CT molecular complexity index is 740. The highest BCUT2D eigenvalue weighted by Gasteiger charge is 2.77. The second-order valence-electron chi connectivity index (χ2n) is 5.11. The maximum atomic E-state index is 13.4. The first kappa shape index (κ1) is 16.4. The molecule has 0 heterocycles. The summed E-state index contributed by atoms with van der Waals surface area (Å²) in [6.45, 7) is 3.06. The Morgan fingerprint density at radius 2 is 2.14 bits per heavy atom. The third-order valence-electron chi connectivity index (χ3n) is 3.93. The van der Waals surface area contributed by atoms with Gasteiger partial charge in [-0.15, -0.1) is 0 Å². The van der Waals surface area contributed by atoms with Gasteiger partial charge in [0, 0.05) is 11.7 Å². The molecular formula is C15H16FNO4S. The Morgan fingerprint density at radius 3 is 2.64 bits per heavy atom. The second-order valence-corrected chi connectivity index (χ2v) is 7.52. The summed E-state index contributed by atoms with van der Waals surface area (Å²) in [6, 6.07) is 7.13. The molecule has 22 heavy (non-hydrogen) atoms. The predicted molar refractivity (Wildman–Crippen MR) is 77.1 cm³/mol. The van der Waals surface area contributed by atoms with Crippen LogP contribution in [-0.2, 0) is 19.4 Å². The van der Waals surface area contributed by atoms with Crippen LogP contribution in [0, 0.1) is 22.6 Å². The Labute approximate surface area is 128 Å². The molecule has 0 radical (unpaired) electrons. The van der Waals surface area contributed by atoms with E-state index in [9.17, 15) is 22.9 Å². The molecule has 0 spiro atoms. The van der Waals surface area contributed by atoms with Crippen LogP contribution in [0.25, 0.3) is 0 Å². The molecule has 0 amide bonds. The lowest BCUT2D eigenvalue weighted by molar-refractivity contribution is -0.147. The van der Waals surface area contributed by atoms with E-state index in [-0.39, 0.29) is 12.4 Å². The van der Waals surface area contributed by atoms with Crippen molar-refractivity contribution in [2.75, 3.05) is 12.4 Å². The number of ether oxygens (including phenoxy) is 1. The molecular weight excluding hydrogens is 309 g/mol. The van der Waals surface area contributed by atoms with E-state index in [1.165, 1.54) is 25.1 Å². The van der Waals surface area contributed by atoms with E-state index in [4.69, 9.17) is 4.74 Å². The Balaban J connectivity index is 2.55. The fourth-order valence-corrected chi connectivity index (χ4v) is 4.77. The van der Waals surface area contributed by atoms with Gasteiger partial charge in [-0.05, 0) is 24.6 Å². The first-order chi connectivity index (χ1) is 10.3. The molecule has 7 heteroatoms. The van der Waals surface area contributed by atoms with Crippen LogP contribution in [0.3, 0.4) is 0 Å². The fourth-order valence-electron chi connectivity index (χ4n) is 2.84. The molecule has 0 unspecified atom stereocenters. The predicted octanol–water partition coefficient (Wildman–Crippen LogP) is 1.80. The fraction of sp³-hybridized carbons (Fsp3) is 0.467. The van der Waals surface area contributed by atoms with Crippen LogP contribution in [0.2, 0.25) is 0 Å². The topological polar surface area (TPSA) is 84.2 Å². The van der Waals surface area contributed by atoms with Crippen molar-refractivity contribution in [2.45, 2.75) is 25.0 Å². The summed E-state index contributed by atoms with van der Waals surface area (Å²) in [4.78, 5) is 12.2. The zero-order valence-corrected chi connectivity index (χ0v) is 13.1. The number of rotatable bonds is 5. The van der Waals surface area contributed by atoms with E-state index in [1.807, 2.05) is 6.07 Å². The summed E-state index contributed by atoms with van der Waals surface area (Å²) >= 11 is 0. The summed E-state index contributed by atoms with van der Waals surface area (Å²) in [7, 11) is -3.66. The number of hydrogen-bond donors (Lipinski definition) is 0. The normalized spacial score (nSPS) is 27.0. The van der Waals surface area contributed by atoms with Crippen molar-refractivity contribution in [1.29, 1.82) is 5.26 Å². The monoisotopic (exact) mass is 325 g/mol. The minimum absolute atomic E-state index is 0.0387. The lowest BCUT2D eigenvalue weighted by Gasteiger charge is -2.08. The number of carbonyl (C=O) groups is 1. The number of nitrogens with zero attached hydrogens (tertiary/aromatic N) is 1. The highest BCUT2D eigenvalue weighted by Crippen LogP contribution is 2.63. The number of benzene rings is 1. The molecule has 0 bridgehead atoms. The van der Waals surface area contributed by atoms with Gasteiger partial charge >= 0.3 is 5.97 Å². The molecule has 0 aliphatic heterocycles. The number of carbonyl (C=O) groups excluding carboxylic acids is 1. The van der Waals surface area contributed by atoms with Gasteiger partial charge in [-0.25, -0.2) is 12.8 Å². The molecule has 1 aliphatic carbocycles. The number of hydrogen-bond acceptors (Lipinski definition) is 5. The molecule has 0 aromatic heterocycles. The molecule has 3 atom stereocenters. The van der Waals surface area contributed by atoms with Crippen LogP contribution < -0.4 is 0 Å². The van der Waals surface area contributed by atoms with Gasteiger partial charge in [0.15, 0.2) is 15.3 Å². The summed E-state index contributed by atoms with van der Waals surface area (Å²) in [5.41, 5.74) is -1.48. The van der Waals surface area contributed by atoms with Gasteiger partial charge in [-0.2, -0.15) is 5.26 Å². The van der Waals surface area contributed by atoms with Crippen molar-refractivity contribution in [1.82, 2.24) is 0 Å². The van der Waals surface area contributed by atoms with E-state index >= 15 is 0 Å². The highest BCUT2D eigenvalue weighted by atomic mass is 32.2. The molecule has 1 aromatic rings. The molecule has 1 fully saturated rings. The van der Waals surface area contributed by atoms with Crippen LogP contribution >= 0.6 is 0 Å². The molecule has 1 saturated carbocycles. The average molecular weight is 325 g/mol. The second kappa shape index (κ2) is 5.69. The van der Waals surface area contributed by atoms with Crippen molar-refractivity contribution in [2.24, 2.45) is 5.41 Å². The molecule has 118 valence electrons. The standard InChI is InChI=1S/C15H16FNO4S/c1-3-21-14(18)15(9-17)12(13(15)22(19,20)4-2)10-6-5-7-11(16)8-10/h5-8,12-13H,3-4H2,1-2H3/t12-,13-,15+/m0/s1. The maximum Gasteiger partial charge on any atom is 0.328 e. The Morgan fingerprint density at radius 1 is 1.45 bits per heavy atom. The van der Waals surface area contributed by atoms with Gasteiger partial charge in [-0.3, -0.25) is 4.79 Å². The van der Waals surface area contributed by atoms with E-state index < -0.39 is 38.2 Å². The smallest absolute Gasteiger partial charge is 0.328 e.